The van der Waals surface area contributed by atoms with Crippen molar-refractivity contribution in [2.45, 2.75) is 13.1 Å². The van der Waals surface area contributed by atoms with Gasteiger partial charge in [0, 0.05) is 25.2 Å². The van der Waals surface area contributed by atoms with E-state index in [4.69, 9.17) is 4.42 Å². The molecular formula is C17H18N4O. The molecule has 2 aromatic heterocycles. The van der Waals surface area contributed by atoms with Crippen LogP contribution in [-0.2, 0) is 13.1 Å². The molecule has 1 aromatic carbocycles. The Labute approximate surface area is 129 Å². The molecule has 5 heteroatoms. The van der Waals surface area contributed by atoms with E-state index in [-0.39, 0.29) is 0 Å². The van der Waals surface area contributed by atoms with Gasteiger partial charge in [-0.15, -0.1) is 0 Å². The number of furan rings is 1. The van der Waals surface area contributed by atoms with Crippen molar-refractivity contribution in [1.82, 2.24) is 15.6 Å². The Balaban J connectivity index is 1.64. The van der Waals surface area contributed by atoms with Gasteiger partial charge in [0.05, 0.1) is 18.3 Å². The Morgan fingerprint density at radius 1 is 1.09 bits per heavy atom. The smallest absolute Gasteiger partial charge is 0.191 e. The molecule has 2 N–H and O–H groups in total. The minimum atomic E-state index is 0.601. The van der Waals surface area contributed by atoms with Crippen molar-refractivity contribution < 1.29 is 4.42 Å². The molecule has 0 fully saturated rings. The molecule has 0 saturated carbocycles. The molecule has 0 radical (unpaired) electrons. The number of aliphatic imine (C=N–C) groups is 1. The number of fused-ring (bicyclic) bond motifs is 1. The summed E-state index contributed by atoms with van der Waals surface area (Å²) in [5, 5.41) is 7.68. The minimum Gasteiger partial charge on any atom is -0.467 e. The van der Waals surface area contributed by atoms with Crippen molar-refractivity contribution >= 4 is 16.9 Å². The van der Waals surface area contributed by atoms with Crippen molar-refractivity contribution in [3.05, 3.63) is 66.2 Å². The van der Waals surface area contributed by atoms with Gasteiger partial charge < -0.3 is 15.1 Å². The number of nitrogens with one attached hydrogen (secondary N) is 2. The molecule has 0 spiro atoms. The summed E-state index contributed by atoms with van der Waals surface area (Å²) in [6.07, 6.45) is 3.49. The van der Waals surface area contributed by atoms with Gasteiger partial charge in [-0.25, -0.2) is 0 Å². The Morgan fingerprint density at radius 3 is 2.77 bits per heavy atom. The van der Waals surface area contributed by atoms with E-state index in [1.807, 2.05) is 42.6 Å². The molecule has 0 aliphatic rings. The molecule has 0 bridgehead atoms. The number of nitrogens with zero attached hydrogens (tertiary/aromatic N) is 2. The van der Waals surface area contributed by atoms with E-state index in [2.05, 4.69) is 26.7 Å². The van der Waals surface area contributed by atoms with Crippen LogP contribution in [0, 0.1) is 0 Å². The lowest BCUT2D eigenvalue weighted by Crippen LogP contribution is -2.36. The third-order valence-electron chi connectivity index (χ3n) is 3.42. The van der Waals surface area contributed by atoms with Crippen molar-refractivity contribution in [1.29, 1.82) is 0 Å². The maximum atomic E-state index is 5.30. The Hall–Kier alpha value is -2.82. The van der Waals surface area contributed by atoms with E-state index in [0.29, 0.717) is 13.1 Å². The van der Waals surface area contributed by atoms with Gasteiger partial charge in [-0.3, -0.25) is 9.98 Å². The van der Waals surface area contributed by atoms with E-state index >= 15 is 0 Å². The summed E-state index contributed by atoms with van der Waals surface area (Å²) in [6, 6.07) is 13.9. The highest BCUT2D eigenvalue weighted by atomic mass is 16.3. The fourth-order valence-electron chi connectivity index (χ4n) is 2.29. The van der Waals surface area contributed by atoms with Crippen LogP contribution in [0.2, 0.25) is 0 Å². The molecule has 0 atom stereocenters. The van der Waals surface area contributed by atoms with Crippen LogP contribution in [0.4, 0.5) is 0 Å². The number of rotatable bonds is 4. The van der Waals surface area contributed by atoms with E-state index in [1.165, 1.54) is 5.56 Å². The summed E-state index contributed by atoms with van der Waals surface area (Å²) in [5.41, 5.74) is 2.19. The first-order valence-electron chi connectivity index (χ1n) is 7.16. The average Bonchev–Trinajstić information content (AvgIpc) is 3.08. The zero-order valence-electron chi connectivity index (χ0n) is 12.4. The van der Waals surface area contributed by atoms with Gasteiger partial charge in [-0.05, 0) is 29.8 Å². The fourth-order valence-corrected chi connectivity index (χ4v) is 2.29. The third-order valence-corrected chi connectivity index (χ3v) is 3.42. The fraction of sp³-hybridized carbons (Fsp3) is 0.176. The van der Waals surface area contributed by atoms with E-state index < -0.39 is 0 Å². The molecule has 3 aromatic rings. The Morgan fingerprint density at radius 2 is 1.95 bits per heavy atom. The molecule has 0 unspecified atom stereocenters. The monoisotopic (exact) mass is 294 g/mol. The van der Waals surface area contributed by atoms with Crippen LogP contribution in [0.5, 0.6) is 0 Å². The lowest BCUT2D eigenvalue weighted by molar-refractivity contribution is 0.501. The van der Waals surface area contributed by atoms with Gasteiger partial charge in [0.2, 0.25) is 0 Å². The van der Waals surface area contributed by atoms with Crippen LogP contribution < -0.4 is 10.6 Å². The SMILES string of the molecule is CN=C(NCc1ccco1)NCc1ccnc2ccccc12. The molecule has 5 nitrogen and oxygen atoms in total. The molecule has 0 aliphatic carbocycles. The predicted molar refractivity (Wildman–Crippen MR) is 87.5 cm³/mol. The summed E-state index contributed by atoms with van der Waals surface area (Å²) in [5.74, 6) is 1.61. The summed E-state index contributed by atoms with van der Waals surface area (Å²) in [4.78, 5) is 8.59. The van der Waals surface area contributed by atoms with Gasteiger partial charge in [-0.1, -0.05) is 18.2 Å². The number of hydrogen-bond acceptors (Lipinski definition) is 3. The predicted octanol–water partition coefficient (Wildman–Crippen LogP) is 2.69. The zero-order valence-corrected chi connectivity index (χ0v) is 12.4. The van der Waals surface area contributed by atoms with Crippen LogP contribution in [0.1, 0.15) is 11.3 Å². The average molecular weight is 294 g/mol. The second-order valence-electron chi connectivity index (χ2n) is 4.85. The first kappa shape index (κ1) is 14.1. The number of para-hydroxylation sites is 1. The largest absolute Gasteiger partial charge is 0.467 e. The number of hydrogen-bond donors (Lipinski definition) is 2. The lowest BCUT2D eigenvalue weighted by Gasteiger charge is -2.12. The highest BCUT2D eigenvalue weighted by molar-refractivity contribution is 5.83. The number of benzene rings is 1. The van der Waals surface area contributed by atoms with E-state index in [1.54, 1.807) is 13.3 Å². The van der Waals surface area contributed by atoms with Gasteiger partial charge in [0.15, 0.2) is 5.96 Å². The molecule has 22 heavy (non-hydrogen) atoms. The van der Waals surface area contributed by atoms with Crippen LogP contribution in [0.3, 0.4) is 0 Å². The molecule has 112 valence electrons. The Kier molecular flexibility index (Phi) is 4.34. The summed E-state index contributed by atoms with van der Waals surface area (Å²) < 4.78 is 5.30. The molecule has 0 saturated heterocycles. The van der Waals surface area contributed by atoms with Gasteiger partial charge in [0.25, 0.3) is 0 Å². The molecule has 2 heterocycles. The van der Waals surface area contributed by atoms with Gasteiger partial charge in [-0.2, -0.15) is 0 Å². The standard InChI is InChI=1S/C17H18N4O/c1-18-17(21-12-14-5-4-10-22-14)20-11-13-8-9-19-16-7-3-2-6-15(13)16/h2-10H,11-12H2,1H3,(H2,18,20,21). The summed E-state index contributed by atoms with van der Waals surface area (Å²) >= 11 is 0. The maximum Gasteiger partial charge on any atom is 0.191 e. The van der Waals surface area contributed by atoms with Crippen LogP contribution in [0.25, 0.3) is 10.9 Å². The highest BCUT2D eigenvalue weighted by Crippen LogP contribution is 2.15. The lowest BCUT2D eigenvalue weighted by atomic mass is 10.1. The summed E-state index contributed by atoms with van der Waals surface area (Å²) in [7, 11) is 1.75. The van der Waals surface area contributed by atoms with Crippen LogP contribution in [0.15, 0.2) is 64.3 Å². The van der Waals surface area contributed by atoms with Gasteiger partial charge >= 0.3 is 0 Å². The number of aromatic nitrogens is 1. The second-order valence-corrected chi connectivity index (χ2v) is 4.85. The van der Waals surface area contributed by atoms with Crippen molar-refractivity contribution in [2.24, 2.45) is 4.99 Å². The van der Waals surface area contributed by atoms with Gasteiger partial charge in [0.1, 0.15) is 5.76 Å². The highest BCUT2D eigenvalue weighted by Gasteiger charge is 2.03. The van der Waals surface area contributed by atoms with Crippen molar-refractivity contribution in [3.63, 3.8) is 0 Å². The minimum absolute atomic E-state index is 0.601. The Bertz CT molecular complexity index is 760. The number of pyridine rings is 1. The second kappa shape index (κ2) is 6.76. The van der Waals surface area contributed by atoms with Crippen molar-refractivity contribution in [3.8, 4) is 0 Å². The molecular weight excluding hydrogens is 276 g/mol. The third kappa shape index (κ3) is 3.25. The summed E-state index contributed by atoms with van der Waals surface area (Å²) in [6.45, 7) is 1.28. The van der Waals surface area contributed by atoms with Crippen LogP contribution >= 0.6 is 0 Å². The normalized spacial score (nSPS) is 11.6. The van der Waals surface area contributed by atoms with E-state index in [0.717, 1.165) is 22.6 Å². The first-order valence-corrected chi connectivity index (χ1v) is 7.16. The van der Waals surface area contributed by atoms with Crippen molar-refractivity contribution in [2.75, 3.05) is 7.05 Å². The molecule has 0 amide bonds. The molecule has 3 rings (SSSR count). The van der Waals surface area contributed by atoms with Crippen LogP contribution in [-0.4, -0.2) is 18.0 Å². The maximum absolute atomic E-state index is 5.30. The quantitative estimate of drug-likeness (QED) is 0.573. The zero-order chi connectivity index (χ0) is 15.2. The van der Waals surface area contributed by atoms with E-state index in [9.17, 15) is 0 Å². The molecule has 0 aliphatic heterocycles. The number of guanidine groups is 1. The topological polar surface area (TPSA) is 62.5 Å². The first-order chi connectivity index (χ1) is 10.9.